The molecule has 102 valence electrons. The van der Waals surface area contributed by atoms with Crippen LogP contribution in [-0.2, 0) is 11.3 Å². The first-order chi connectivity index (χ1) is 8.71. The van der Waals surface area contributed by atoms with Gasteiger partial charge in [0.15, 0.2) is 0 Å². The van der Waals surface area contributed by atoms with E-state index in [1.165, 1.54) is 0 Å². The van der Waals surface area contributed by atoms with E-state index >= 15 is 0 Å². The van der Waals surface area contributed by atoms with Crippen LogP contribution in [0.5, 0.6) is 0 Å². The highest BCUT2D eigenvalue weighted by Gasteiger charge is 2.13. The second-order valence-corrected chi connectivity index (χ2v) is 4.38. The van der Waals surface area contributed by atoms with Gasteiger partial charge in [-0.1, -0.05) is 13.0 Å². The molecule has 1 unspecified atom stereocenters. The highest BCUT2D eigenvalue weighted by atomic mass is 16.5. The Morgan fingerprint density at radius 3 is 2.89 bits per heavy atom. The van der Waals surface area contributed by atoms with Gasteiger partial charge in [0.05, 0.1) is 12.3 Å². The number of nitrogen functional groups attached to an aromatic ring is 1. The first-order valence-electron chi connectivity index (χ1n) is 6.36. The number of pyridine rings is 1. The van der Waals surface area contributed by atoms with Crippen LogP contribution in [0.4, 0.5) is 5.82 Å². The Labute approximate surface area is 109 Å². The number of hydrazine groups is 1. The van der Waals surface area contributed by atoms with Crippen molar-refractivity contribution in [2.24, 2.45) is 5.84 Å². The largest absolute Gasteiger partial charge is 0.383 e. The van der Waals surface area contributed by atoms with E-state index in [2.05, 4.69) is 29.2 Å². The average Bonchev–Trinajstić information content (AvgIpc) is 2.42. The topological polar surface area (TPSA) is 63.4 Å². The number of rotatable bonds is 8. The van der Waals surface area contributed by atoms with E-state index in [0.717, 1.165) is 31.8 Å². The SMILES string of the molecule is CCC(C)N(CCOC)Cc1cccc(NN)n1. The molecule has 0 amide bonds. The van der Waals surface area contributed by atoms with Gasteiger partial charge in [0.25, 0.3) is 0 Å². The molecule has 0 saturated heterocycles. The summed E-state index contributed by atoms with van der Waals surface area (Å²) in [4.78, 5) is 6.80. The molecular weight excluding hydrogens is 228 g/mol. The third kappa shape index (κ3) is 4.60. The number of nitrogens with zero attached hydrogens (tertiary/aromatic N) is 2. The summed E-state index contributed by atoms with van der Waals surface area (Å²) in [6, 6.07) is 6.34. The molecule has 0 aliphatic rings. The molecule has 1 rings (SSSR count). The predicted molar refractivity (Wildman–Crippen MR) is 74.1 cm³/mol. The second-order valence-electron chi connectivity index (χ2n) is 4.38. The van der Waals surface area contributed by atoms with Crippen molar-refractivity contribution in [2.45, 2.75) is 32.9 Å². The minimum absolute atomic E-state index is 0.511. The summed E-state index contributed by atoms with van der Waals surface area (Å²) in [5.74, 6) is 6.07. The highest BCUT2D eigenvalue weighted by molar-refractivity contribution is 5.33. The molecule has 1 atom stereocenters. The molecule has 0 fully saturated rings. The van der Waals surface area contributed by atoms with Crippen molar-refractivity contribution in [1.29, 1.82) is 0 Å². The Kier molecular flexibility index (Phi) is 6.64. The van der Waals surface area contributed by atoms with Crippen LogP contribution in [-0.4, -0.2) is 36.2 Å². The van der Waals surface area contributed by atoms with Gasteiger partial charge < -0.3 is 10.2 Å². The Bertz CT molecular complexity index is 346. The number of hydrogen-bond donors (Lipinski definition) is 2. The normalized spacial score (nSPS) is 12.7. The van der Waals surface area contributed by atoms with Crippen molar-refractivity contribution in [3.8, 4) is 0 Å². The fourth-order valence-electron chi connectivity index (χ4n) is 1.78. The van der Waals surface area contributed by atoms with Crippen LogP contribution in [0.15, 0.2) is 18.2 Å². The van der Waals surface area contributed by atoms with E-state index in [4.69, 9.17) is 10.6 Å². The third-order valence-corrected chi connectivity index (χ3v) is 3.12. The van der Waals surface area contributed by atoms with Crippen molar-refractivity contribution in [3.63, 3.8) is 0 Å². The van der Waals surface area contributed by atoms with Gasteiger partial charge in [0.1, 0.15) is 5.82 Å². The van der Waals surface area contributed by atoms with Crippen molar-refractivity contribution >= 4 is 5.82 Å². The van der Waals surface area contributed by atoms with Crippen LogP contribution in [0.3, 0.4) is 0 Å². The van der Waals surface area contributed by atoms with E-state index in [-0.39, 0.29) is 0 Å². The maximum Gasteiger partial charge on any atom is 0.140 e. The first kappa shape index (κ1) is 14.9. The smallest absolute Gasteiger partial charge is 0.140 e. The van der Waals surface area contributed by atoms with Crippen LogP contribution in [0.2, 0.25) is 0 Å². The molecule has 0 aliphatic heterocycles. The summed E-state index contributed by atoms with van der Waals surface area (Å²) < 4.78 is 5.16. The van der Waals surface area contributed by atoms with Crippen molar-refractivity contribution in [3.05, 3.63) is 23.9 Å². The second kappa shape index (κ2) is 8.02. The van der Waals surface area contributed by atoms with Gasteiger partial charge in [0, 0.05) is 26.2 Å². The molecular formula is C13H24N4O. The van der Waals surface area contributed by atoms with E-state index in [9.17, 15) is 0 Å². The average molecular weight is 252 g/mol. The van der Waals surface area contributed by atoms with Crippen LogP contribution < -0.4 is 11.3 Å². The van der Waals surface area contributed by atoms with Crippen LogP contribution >= 0.6 is 0 Å². The number of anilines is 1. The Balaban J connectivity index is 2.68. The summed E-state index contributed by atoms with van der Waals surface area (Å²) in [6.07, 6.45) is 1.11. The lowest BCUT2D eigenvalue weighted by Crippen LogP contribution is -2.35. The highest BCUT2D eigenvalue weighted by Crippen LogP contribution is 2.10. The minimum atomic E-state index is 0.511. The maximum absolute atomic E-state index is 5.37. The summed E-state index contributed by atoms with van der Waals surface area (Å²) in [6.45, 7) is 6.87. The summed E-state index contributed by atoms with van der Waals surface area (Å²) in [5.41, 5.74) is 3.59. The lowest BCUT2D eigenvalue weighted by Gasteiger charge is -2.27. The molecule has 1 aromatic heterocycles. The molecule has 18 heavy (non-hydrogen) atoms. The number of hydrogen-bond acceptors (Lipinski definition) is 5. The summed E-state index contributed by atoms with van der Waals surface area (Å²) in [7, 11) is 1.73. The zero-order valence-electron chi connectivity index (χ0n) is 11.5. The molecule has 1 aromatic rings. The number of aromatic nitrogens is 1. The van der Waals surface area contributed by atoms with Crippen molar-refractivity contribution in [1.82, 2.24) is 9.88 Å². The zero-order valence-corrected chi connectivity index (χ0v) is 11.5. The summed E-state index contributed by atoms with van der Waals surface area (Å²) in [5, 5.41) is 0. The van der Waals surface area contributed by atoms with E-state index in [0.29, 0.717) is 11.9 Å². The molecule has 5 heteroatoms. The van der Waals surface area contributed by atoms with Crippen LogP contribution in [0.1, 0.15) is 26.0 Å². The minimum Gasteiger partial charge on any atom is -0.383 e. The molecule has 0 radical (unpaired) electrons. The molecule has 0 aliphatic carbocycles. The molecule has 5 nitrogen and oxygen atoms in total. The fourth-order valence-corrected chi connectivity index (χ4v) is 1.78. The summed E-state index contributed by atoms with van der Waals surface area (Å²) >= 11 is 0. The molecule has 3 N–H and O–H groups in total. The van der Waals surface area contributed by atoms with Gasteiger partial charge in [0.2, 0.25) is 0 Å². The Morgan fingerprint density at radius 2 is 2.28 bits per heavy atom. The van der Waals surface area contributed by atoms with Gasteiger partial charge in [-0.3, -0.25) is 4.90 Å². The standard InChI is InChI=1S/C13H24N4O/c1-4-11(2)17(8-9-18-3)10-12-6-5-7-13(15-12)16-14/h5-7,11H,4,8-10,14H2,1-3H3,(H,15,16). The lowest BCUT2D eigenvalue weighted by molar-refractivity contribution is 0.117. The Morgan fingerprint density at radius 1 is 1.50 bits per heavy atom. The fraction of sp³-hybridized carbons (Fsp3) is 0.615. The lowest BCUT2D eigenvalue weighted by atomic mass is 10.2. The zero-order chi connectivity index (χ0) is 13.4. The number of nitrogens with one attached hydrogen (secondary N) is 1. The van der Waals surface area contributed by atoms with Gasteiger partial charge in [-0.2, -0.15) is 0 Å². The molecule has 0 aromatic carbocycles. The van der Waals surface area contributed by atoms with Gasteiger partial charge >= 0.3 is 0 Å². The molecule has 0 saturated carbocycles. The number of methoxy groups -OCH3 is 1. The number of ether oxygens (including phenoxy) is 1. The predicted octanol–water partition coefficient (Wildman–Crippen LogP) is 1.61. The van der Waals surface area contributed by atoms with Crippen LogP contribution in [0, 0.1) is 0 Å². The maximum atomic E-state index is 5.37. The third-order valence-electron chi connectivity index (χ3n) is 3.12. The van der Waals surface area contributed by atoms with Crippen LogP contribution in [0.25, 0.3) is 0 Å². The monoisotopic (exact) mass is 252 g/mol. The van der Waals surface area contributed by atoms with E-state index in [1.807, 2.05) is 18.2 Å². The van der Waals surface area contributed by atoms with Gasteiger partial charge in [-0.05, 0) is 25.5 Å². The van der Waals surface area contributed by atoms with Crippen molar-refractivity contribution < 1.29 is 4.74 Å². The van der Waals surface area contributed by atoms with E-state index in [1.54, 1.807) is 7.11 Å². The molecule has 1 heterocycles. The Hall–Kier alpha value is -1.17. The van der Waals surface area contributed by atoms with Crippen molar-refractivity contribution in [2.75, 3.05) is 25.7 Å². The van der Waals surface area contributed by atoms with Gasteiger partial charge in [-0.25, -0.2) is 10.8 Å². The quantitative estimate of drug-likeness (QED) is 0.543. The molecule has 0 bridgehead atoms. The number of nitrogens with two attached hydrogens (primary N) is 1. The van der Waals surface area contributed by atoms with Gasteiger partial charge in [-0.15, -0.1) is 0 Å². The molecule has 0 spiro atoms. The first-order valence-corrected chi connectivity index (χ1v) is 6.36. The van der Waals surface area contributed by atoms with E-state index < -0.39 is 0 Å².